The van der Waals surface area contributed by atoms with Gasteiger partial charge < -0.3 is 11.1 Å². The Labute approximate surface area is 88.4 Å². The van der Waals surface area contributed by atoms with Crippen LogP contribution in [0.15, 0.2) is 0 Å². The third-order valence-electron chi connectivity index (χ3n) is 2.01. The number of aromatic amines is 1. The Kier molecular flexibility index (Phi) is 3.34. The molecule has 0 aliphatic carbocycles. The summed E-state index contributed by atoms with van der Waals surface area (Å²) in [6, 6.07) is -0.0843. The predicted octanol–water partition coefficient (Wildman–Crippen LogP) is 0.442. The molecule has 5 nitrogen and oxygen atoms in total. The molecule has 1 amide bonds. The highest BCUT2D eigenvalue weighted by Crippen LogP contribution is 2.12. The van der Waals surface area contributed by atoms with Gasteiger partial charge in [-0.05, 0) is 13.8 Å². The van der Waals surface area contributed by atoms with Gasteiger partial charge in [0.15, 0.2) is 5.69 Å². The molecule has 1 aromatic rings. The number of nitrogens with two attached hydrogens (primary N) is 1. The van der Waals surface area contributed by atoms with Gasteiger partial charge in [0, 0.05) is 12.5 Å². The zero-order chi connectivity index (χ0) is 11.4. The standard InChI is InChI=1S/C10H14N4O/c1-4-5-6(2)12-10(15)9-8(11)7(3)13-14-9/h1,6H,5,11H2,2-3H3,(H,12,15)(H,13,14). The van der Waals surface area contributed by atoms with Gasteiger partial charge in [0.25, 0.3) is 5.91 Å². The number of nitrogens with one attached hydrogen (secondary N) is 2. The van der Waals surface area contributed by atoms with Gasteiger partial charge in [0.05, 0.1) is 11.4 Å². The first-order valence-electron chi connectivity index (χ1n) is 4.61. The zero-order valence-electron chi connectivity index (χ0n) is 8.79. The lowest BCUT2D eigenvalue weighted by Gasteiger charge is -2.09. The number of amides is 1. The first-order chi connectivity index (χ1) is 7.06. The van der Waals surface area contributed by atoms with Crippen molar-refractivity contribution in [2.75, 3.05) is 5.73 Å². The van der Waals surface area contributed by atoms with Crippen LogP contribution in [0.4, 0.5) is 5.69 Å². The first-order valence-corrected chi connectivity index (χ1v) is 4.61. The molecule has 0 radical (unpaired) electrons. The molecule has 0 aliphatic rings. The van der Waals surface area contributed by atoms with Gasteiger partial charge in [0.2, 0.25) is 0 Å². The van der Waals surface area contributed by atoms with Gasteiger partial charge in [-0.1, -0.05) is 0 Å². The lowest BCUT2D eigenvalue weighted by atomic mass is 10.2. The molecule has 0 saturated carbocycles. The van der Waals surface area contributed by atoms with E-state index in [-0.39, 0.29) is 17.6 Å². The van der Waals surface area contributed by atoms with E-state index in [1.807, 2.05) is 6.92 Å². The van der Waals surface area contributed by atoms with Crippen LogP contribution in [-0.2, 0) is 0 Å². The number of nitrogens with zero attached hydrogens (tertiary/aromatic N) is 1. The maximum atomic E-state index is 11.6. The normalized spacial score (nSPS) is 11.8. The first kappa shape index (κ1) is 11.1. The fraction of sp³-hybridized carbons (Fsp3) is 0.400. The zero-order valence-corrected chi connectivity index (χ0v) is 8.79. The summed E-state index contributed by atoms with van der Waals surface area (Å²) in [5, 5.41) is 9.17. The van der Waals surface area contributed by atoms with E-state index in [1.165, 1.54) is 0 Å². The van der Waals surface area contributed by atoms with Gasteiger partial charge >= 0.3 is 0 Å². The predicted molar refractivity (Wildman–Crippen MR) is 58.1 cm³/mol. The minimum absolute atomic E-state index is 0.0843. The van der Waals surface area contributed by atoms with E-state index in [1.54, 1.807) is 6.92 Å². The monoisotopic (exact) mass is 206 g/mol. The molecule has 80 valence electrons. The van der Waals surface area contributed by atoms with Crippen molar-refractivity contribution in [1.29, 1.82) is 0 Å². The van der Waals surface area contributed by atoms with Crippen molar-refractivity contribution < 1.29 is 4.79 Å². The average Bonchev–Trinajstić information content (AvgIpc) is 2.48. The molecule has 1 atom stereocenters. The van der Waals surface area contributed by atoms with E-state index in [0.29, 0.717) is 17.8 Å². The highest BCUT2D eigenvalue weighted by atomic mass is 16.2. The van der Waals surface area contributed by atoms with Gasteiger partial charge in [-0.25, -0.2) is 0 Å². The van der Waals surface area contributed by atoms with Gasteiger partial charge in [-0.15, -0.1) is 12.3 Å². The number of nitrogen functional groups attached to an aromatic ring is 1. The molecule has 0 spiro atoms. The molecule has 1 heterocycles. The molecule has 0 bridgehead atoms. The van der Waals surface area contributed by atoms with E-state index in [0.717, 1.165) is 0 Å². The van der Waals surface area contributed by atoms with E-state index in [2.05, 4.69) is 21.4 Å². The number of anilines is 1. The molecule has 5 heteroatoms. The maximum Gasteiger partial charge on any atom is 0.274 e. The Hall–Kier alpha value is -1.96. The van der Waals surface area contributed by atoms with E-state index >= 15 is 0 Å². The quantitative estimate of drug-likeness (QED) is 0.627. The number of carbonyl (C=O) groups is 1. The average molecular weight is 206 g/mol. The summed E-state index contributed by atoms with van der Waals surface area (Å²) < 4.78 is 0. The fourth-order valence-corrected chi connectivity index (χ4v) is 1.13. The number of rotatable bonds is 3. The van der Waals surface area contributed by atoms with E-state index in [4.69, 9.17) is 12.2 Å². The summed E-state index contributed by atoms with van der Waals surface area (Å²) >= 11 is 0. The fourth-order valence-electron chi connectivity index (χ4n) is 1.13. The number of H-pyrrole nitrogens is 1. The van der Waals surface area contributed by atoms with Gasteiger partial charge in [0.1, 0.15) is 0 Å². The number of hydrogen-bond donors (Lipinski definition) is 3. The SMILES string of the molecule is C#CCC(C)NC(=O)c1n[nH]c(C)c1N. The van der Waals surface area contributed by atoms with Gasteiger partial charge in [-0.2, -0.15) is 5.10 Å². The lowest BCUT2D eigenvalue weighted by Crippen LogP contribution is -2.32. The molecule has 0 aromatic carbocycles. The van der Waals surface area contributed by atoms with Crippen molar-refractivity contribution in [2.45, 2.75) is 26.3 Å². The number of terminal acetylenes is 1. The van der Waals surface area contributed by atoms with Crippen LogP contribution in [0, 0.1) is 19.3 Å². The lowest BCUT2D eigenvalue weighted by molar-refractivity contribution is 0.0936. The van der Waals surface area contributed by atoms with Crippen LogP contribution in [-0.4, -0.2) is 22.1 Å². The van der Waals surface area contributed by atoms with Crippen molar-refractivity contribution in [3.8, 4) is 12.3 Å². The molecule has 0 saturated heterocycles. The van der Waals surface area contributed by atoms with Crippen LogP contribution in [0.25, 0.3) is 0 Å². The van der Waals surface area contributed by atoms with Crippen LogP contribution in [0.3, 0.4) is 0 Å². The Morgan fingerprint density at radius 1 is 1.80 bits per heavy atom. The second kappa shape index (κ2) is 4.51. The van der Waals surface area contributed by atoms with Crippen molar-refractivity contribution in [1.82, 2.24) is 15.5 Å². The highest BCUT2D eigenvalue weighted by molar-refractivity contribution is 5.97. The summed E-state index contributed by atoms with van der Waals surface area (Å²) in [7, 11) is 0. The van der Waals surface area contributed by atoms with Crippen molar-refractivity contribution >= 4 is 11.6 Å². The Bertz CT molecular complexity index is 402. The van der Waals surface area contributed by atoms with Gasteiger partial charge in [-0.3, -0.25) is 9.89 Å². The molecule has 0 aliphatic heterocycles. The molecular weight excluding hydrogens is 192 g/mol. The number of aromatic nitrogens is 2. The third-order valence-corrected chi connectivity index (χ3v) is 2.01. The maximum absolute atomic E-state index is 11.6. The smallest absolute Gasteiger partial charge is 0.274 e. The number of carbonyl (C=O) groups excluding carboxylic acids is 1. The Balaban J connectivity index is 2.70. The second-order valence-electron chi connectivity index (χ2n) is 3.39. The summed E-state index contributed by atoms with van der Waals surface area (Å²) in [5.74, 6) is 2.16. The molecular formula is C10H14N4O. The summed E-state index contributed by atoms with van der Waals surface area (Å²) in [4.78, 5) is 11.6. The molecule has 0 fully saturated rings. The van der Waals surface area contributed by atoms with Crippen LogP contribution < -0.4 is 11.1 Å². The van der Waals surface area contributed by atoms with E-state index < -0.39 is 0 Å². The highest BCUT2D eigenvalue weighted by Gasteiger charge is 2.16. The largest absolute Gasteiger partial charge is 0.395 e. The molecule has 1 unspecified atom stereocenters. The molecule has 15 heavy (non-hydrogen) atoms. The Morgan fingerprint density at radius 2 is 2.47 bits per heavy atom. The Morgan fingerprint density at radius 3 is 2.93 bits per heavy atom. The summed E-state index contributed by atoms with van der Waals surface area (Å²) in [5.41, 5.74) is 6.94. The second-order valence-corrected chi connectivity index (χ2v) is 3.39. The molecule has 1 rings (SSSR count). The number of hydrogen-bond acceptors (Lipinski definition) is 3. The van der Waals surface area contributed by atoms with Crippen LogP contribution in [0.1, 0.15) is 29.5 Å². The molecule has 4 N–H and O–H groups in total. The van der Waals surface area contributed by atoms with Crippen LogP contribution in [0.2, 0.25) is 0 Å². The van der Waals surface area contributed by atoms with Crippen LogP contribution >= 0.6 is 0 Å². The third kappa shape index (κ3) is 2.50. The topological polar surface area (TPSA) is 83.8 Å². The summed E-state index contributed by atoms with van der Waals surface area (Å²) in [6.45, 7) is 3.58. The minimum atomic E-state index is -0.306. The number of aryl methyl sites for hydroxylation is 1. The van der Waals surface area contributed by atoms with Crippen molar-refractivity contribution in [3.63, 3.8) is 0 Å². The summed E-state index contributed by atoms with van der Waals surface area (Å²) in [6.07, 6.45) is 5.61. The van der Waals surface area contributed by atoms with E-state index in [9.17, 15) is 4.79 Å². The van der Waals surface area contributed by atoms with Crippen molar-refractivity contribution in [2.24, 2.45) is 0 Å². The minimum Gasteiger partial charge on any atom is -0.395 e. The molecule has 1 aromatic heterocycles. The van der Waals surface area contributed by atoms with Crippen molar-refractivity contribution in [3.05, 3.63) is 11.4 Å². The van der Waals surface area contributed by atoms with Crippen LogP contribution in [0.5, 0.6) is 0 Å².